The fourth-order valence-electron chi connectivity index (χ4n) is 2.78. The van der Waals surface area contributed by atoms with Crippen LogP contribution in [-0.4, -0.2) is 46.8 Å². The second-order valence-corrected chi connectivity index (χ2v) is 5.68. The van der Waals surface area contributed by atoms with E-state index in [2.05, 4.69) is 27.6 Å². The Balaban J connectivity index is 1.64. The Morgan fingerprint density at radius 1 is 1.30 bits per heavy atom. The van der Waals surface area contributed by atoms with Crippen molar-refractivity contribution in [1.29, 1.82) is 0 Å². The summed E-state index contributed by atoms with van der Waals surface area (Å²) in [5.74, 6) is 0.0984. The zero-order valence-corrected chi connectivity index (χ0v) is 13.4. The van der Waals surface area contributed by atoms with Crippen LogP contribution < -0.4 is 5.32 Å². The Labute approximate surface area is 136 Å². The molecular formula is C18H22N4O. The topological polar surface area (TPSA) is 50.2 Å². The lowest BCUT2D eigenvalue weighted by atomic mass is 10.0. The van der Waals surface area contributed by atoms with Crippen molar-refractivity contribution >= 4 is 11.5 Å². The molecule has 2 aromatic rings. The Morgan fingerprint density at radius 2 is 2.13 bits per heavy atom. The molecule has 1 amide bonds. The highest BCUT2D eigenvalue weighted by molar-refractivity contribution is 5.78. The first kappa shape index (κ1) is 15.5. The summed E-state index contributed by atoms with van der Waals surface area (Å²) in [6.07, 6.45) is 7.13. The number of hydrogen-bond donors (Lipinski definition) is 1. The van der Waals surface area contributed by atoms with Crippen molar-refractivity contribution < 1.29 is 4.79 Å². The summed E-state index contributed by atoms with van der Waals surface area (Å²) in [5.41, 5.74) is 3.53. The van der Waals surface area contributed by atoms with Crippen LogP contribution in [0.25, 0.3) is 11.3 Å². The van der Waals surface area contributed by atoms with Crippen molar-refractivity contribution in [2.24, 2.45) is 0 Å². The molecule has 0 radical (unpaired) electrons. The molecule has 0 spiro atoms. The number of hydrogen-bond acceptors (Lipinski definition) is 3. The number of nitrogens with one attached hydrogen (secondary N) is 1. The summed E-state index contributed by atoms with van der Waals surface area (Å²) < 4.78 is 1.90. The molecule has 0 saturated carbocycles. The van der Waals surface area contributed by atoms with Crippen molar-refractivity contribution in [3.63, 3.8) is 0 Å². The Morgan fingerprint density at radius 3 is 2.83 bits per heavy atom. The Hall–Kier alpha value is -2.40. The lowest BCUT2D eigenvalue weighted by Crippen LogP contribution is -2.39. The molecule has 0 fully saturated rings. The number of aromatic nitrogens is 2. The molecule has 1 aromatic heterocycles. The fraction of sp³-hybridized carbons (Fsp3) is 0.333. The number of rotatable bonds is 5. The van der Waals surface area contributed by atoms with Crippen LogP contribution in [0, 0.1) is 0 Å². The van der Waals surface area contributed by atoms with Gasteiger partial charge in [-0.25, -0.2) is 4.68 Å². The maximum Gasteiger partial charge on any atom is 0.234 e. The van der Waals surface area contributed by atoms with Crippen LogP contribution in [0.15, 0.2) is 48.8 Å². The van der Waals surface area contributed by atoms with Gasteiger partial charge in [0.1, 0.15) is 0 Å². The maximum absolute atomic E-state index is 11.6. The van der Waals surface area contributed by atoms with E-state index in [0.29, 0.717) is 13.1 Å². The Kier molecular flexibility index (Phi) is 4.88. The fourth-order valence-corrected chi connectivity index (χ4v) is 2.78. The van der Waals surface area contributed by atoms with Crippen molar-refractivity contribution in [2.75, 3.05) is 26.2 Å². The summed E-state index contributed by atoms with van der Waals surface area (Å²) >= 11 is 0. The second-order valence-electron chi connectivity index (χ2n) is 5.68. The summed E-state index contributed by atoms with van der Waals surface area (Å²) in [4.78, 5) is 13.8. The van der Waals surface area contributed by atoms with Crippen LogP contribution in [0.4, 0.5) is 0 Å². The summed E-state index contributed by atoms with van der Waals surface area (Å²) in [7, 11) is 0. The molecule has 0 bridgehead atoms. The normalized spacial score (nSPS) is 15.3. The van der Waals surface area contributed by atoms with Crippen LogP contribution in [-0.2, 0) is 4.79 Å². The van der Waals surface area contributed by atoms with Gasteiger partial charge in [-0.15, -0.1) is 0 Å². The van der Waals surface area contributed by atoms with Gasteiger partial charge in [-0.1, -0.05) is 24.3 Å². The van der Waals surface area contributed by atoms with E-state index in [1.807, 2.05) is 48.1 Å². The molecule has 1 N–H and O–H groups in total. The minimum atomic E-state index is 0.0984. The Bertz CT molecular complexity index is 690. The van der Waals surface area contributed by atoms with Crippen LogP contribution in [0.1, 0.15) is 18.9 Å². The van der Waals surface area contributed by atoms with Gasteiger partial charge < -0.3 is 5.32 Å². The molecule has 120 valence electrons. The molecule has 0 saturated heterocycles. The molecule has 5 heteroatoms. The van der Waals surface area contributed by atoms with Crippen molar-refractivity contribution in [3.8, 4) is 5.69 Å². The van der Waals surface area contributed by atoms with E-state index in [1.54, 1.807) is 0 Å². The van der Waals surface area contributed by atoms with E-state index in [0.717, 1.165) is 30.8 Å². The van der Waals surface area contributed by atoms with E-state index < -0.39 is 0 Å². The lowest BCUT2D eigenvalue weighted by Gasteiger charge is -2.25. The van der Waals surface area contributed by atoms with Crippen molar-refractivity contribution in [3.05, 3.63) is 54.4 Å². The van der Waals surface area contributed by atoms with E-state index in [-0.39, 0.29) is 5.91 Å². The first-order valence-corrected chi connectivity index (χ1v) is 8.05. The van der Waals surface area contributed by atoms with Gasteiger partial charge in [0.15, 0.2) is 0 Å². The number of carbonyl (C=O) groups excluding carboxylic acids is 1. The van der Waals surface area contributed by atoms with Gasteiger partial charge in [0.2, 0.25) is 5.91 Å². The predicted molar refractivity (Wildman–Crippen MR) is 91.3 cm³/mol. The van der Waals surface area contributed by atoms with Gasteiger partial charge in [0, 0.05) is 31.4 Å². The molecule has 23 heavy (non-hydrogen) atoms. The van der Waals surface area contributed by atoms with Gasteiger partial charge in [0.25, 0.3) is 0 Å². The van der Waals surface area contributed by atoms with Gasteiger partial charge in [-0.05, 0) is 31.1 Å². The molecule has 0 aliphatic carbocycles. The highest BCUT2D eigenvalue weighted by atomic mass is 16.2. The lowest BCUT2D eigenvalue weighted by molar-refractivity contribution is -0.122. The van der Waals surface area contributed by atoms with Crippen LogP contribution in [0.5, 0.6) is 0 Å². The highest BCUT2D eigenvalue weighted by Gasteiger charge is 2.16. The third kappa shape index (κ3) is 3.87. The third-order valence-electron chi connectivity index (χ3n) is 4.01. The standard InChI is InChI=1S/C18H22N4O/c1-2-19-18(23)14-21-10-8-15(9-11-21)16-12-20-22(13-16)17-6-4-3-5-7-17/h3-8,12-13H,2,9-11,14H2,1H3,(H,19,23). The molecule has 1 aliphatic heterocycles. The van der Waals surface area contributed by atoms with E-state index in [4.69, 9.17) is 0 Å². The SMILES string of the molecule is CCNC(=O)CN1CC=C(c2cnn(-c3ccccc3)c2)CC1. The molecule has 1 aliphatic rings. The maximum atomic E-state index is 11.6. The smallest absolute Gasteiger partial charge is 0.234 e. The number of benzene rings is 1. The number of likely N-dealkylation sites (N-methyl/N-ethyl adjacent to an activating group) is 1. The molecule has 0 atom stereocenters. The average molecular weight is 310 g/mol. The minimum absolute atomic E-state index is 0.0984. The van der Waals surface area contributed by atoms with Gasteiger partial charge >= 0.3 is 0 Å². The zero-order chi connectivity index (χ0) is 16.1. The van der Waals surface area contributed by atoms with Crippen LogP contribution >= 0.6 is 0 Å². The number of amides is 1. The van der Waals surface area contributed by atoms with Crippen molar-refractivity contribution in [1.82, 2.24) is 20.0 Å². The highest BCUT2D eigenvalue weighted by Crippen LogP contribution is 2.22. The number of carbonyl (C=O) groups is 1. The molecule has 5 nitrogen and oxygen atoms in total. The first-order chi connectivity index (χ1) is 11.3. The van der Waals surface area contributed by atoms with Gasteiger partial charge in [0.05, 0.1) is 18.4 Å². The van der Waals surface area contributed by atoms with Crippen LogP contribution in [0.3, 0.4) is 0 Å². The van der Waals surface area contributed by atoms with E-state index in [1.165, 1.54) is 5.57 Å². The molecule has 3 rings (SSSR count). The largest absolute Gasteiger partial charge is 0.355 e. The summed E-state index contributed by atoms with van der Waals surface area (Å²) in [6.45, 7) is 4.81. The number of nitrogens with zero attached hydrogens (tertiary/aromatic N) is 3. The molecule has 2 heterocycles. The summed E-state index contributed by atoms with van der Waals surface area (Å²) in [6, 6.07) is 10.1. The first-order valence-electron chi connectivity index (χ1n) is 8.05. The quantitative estimate of drug-likeness (QED) is 0.920. The van der Waals surface area contributed by atoms with Crippen molar-refractivity contribution in [2.45, 2.75) is 13.3 Å². The molecule has 0 unspecified atom stereocenters. The molecule has 1 aromatic carbocycles. The zero-order valence-electron chi connectivity index (χ0n) is 13.4. The second kappa shape index (κ2) is 7.24. The van der Waals surface area contributed by atoms with Crippen LogP contribution in [0.2, 0.25) is 0 Å². The monoisotopic (exact) mass is 310 g/mol. The predicted octanol–water partition coefficient (Wildman–Crippen LogP) is 2.10. The van der Waals surface area contributed by atoms with E-state index >= 15 is 0 Å². The number of para-hydroxylation sites is 1. The van der Waals surface area contributed by atoms with Gasteiger partial charge in [-0.2, -0.15) is 5.10 Å². The summed E-state index contributed by atoms with van der Waals surface area (Å²) in [5, 5.41) is 7.29. The van der Waals surface area contributed by atoms with Gasteiger partial charge in [-0.3, -0.25) is 9.69 Å². The van der Waals surface area contributed by atoms with E-state index in [9.17, 15) is 4.79 Å². The molecular weight excluding hydrogens is 288 g/mol. The third-order valence-corrected chi connectivity index (χ3v) is 4.01. The minimum Gasteiger partial charge on any atom is -0.355 e. The average Bonchev–Trinajstić information content (AvgIpc) is 3.07.